The van der Waals surface area contributed by atoms with E-state index in [-0.39, 0.29) is 17.5 Å². The number of benzene rings is 3. The number of rotatable bonds is 11. The highest BCUT2D eigenvalue weighted by atomic mass is 19.3. The summed E-state index contributed by atoms with van der Waals surface area (Å²) in [5, 5.41) is 4.42. The Morgan fingerprint density at radius 1 is 0.833 bits per heavy atom. The molecule has 3 aromatic rings. The van der Waals surface area contributed by atoms with Gasteiger partial charge < -0.3 is 15.4 Å². The number of amides is 4. The highest BCUT2D eigenvalue weighted by Crippen LogP contribution is 2.28. The van der Waals surface area contributed by atoms with Gasteiger partial charge in [-0.3, -0.25) is 24.1 Å². The van der Waals surface area contributed by atoms with Crippen LogP contribution in [0.5, 0.6) is 0 Å². The zero-order valence-corrected chi connectivity index (χ0v) is 22.9. The Bertz CT molecular complexity index is 1450. The largest absolute Gasteiger partial charge is 0.467 e. The second-order valence-electron chi connectivity index (χ2n) is 9.87. The molecule has 0 spiro atoms. The van der Waals surface area contributed by atoms with Gasteiger partial charge in [-0.05, 0) is 30.2 Å². The van der Waals surface area contributed by atoms with E-state index >= 15 is 8.78 Å². The SMILES string of the molecule is COC(=O)[C@H](C)NC(=O)[C@@](Cc1ccccc1)(NC(=O)[C@H](Cc1ccccc1)N1C(=O)c2ccccc2C1=O)C(F)F. The molecular weight excluding hydrogens is 548 g/mol. The standard InChI is InChI=1S/C31H29F2N3O6/c1-19(28(40)42-2)34-30(41)31(29(32)33,18-21-13-7-4-8-14-21)35-25(37)24(17-20-11-5-3-6-12-20)36-26(38)22-15-9-10-16-23(22)27(36)39/h3-16,19,24,29H,17-18H2,1-2H3,(H,34,41)(H,35,37)/t19-,24-,31-/m0/s1. The fourth-order valence-corrected chi connectivity index (χ4v) is 4.82. The summed E-state index contributed by atoms with van der Waals surface area (Å²) in [4.78, 5) is 67.0. The van der Waals surface area contributed by atoms with Crippen LogP contribution in [0.3, 0.4) is 0 Å². The molecule has 0 aliphatic carbocycles. The molecule has 3 aromatic carbocycles. The molecular formula is C31H29F2N3O6. The number of halogens is 2. The second-order valence-corrected chi connectivity index (χ2v) is 9.87. The van der Waals surface area contributed by atoms with E-state index in [1.54, 1.807) is 60.7 Å². The van der Waals surface area contributed by atoms with Crippen molar-refractivity contribution in [1.29, 1.82) is 0 Å². The lowest BCUT2D eigenvalue weighted by Crippen LogP contribution is -2.68. The molecule has 0 saturated carbocycles. The molecule has 1 aliphatic rings. The number of fused-ring (bicyclic) bond motifs is 1. The van der Waals surface area contributed by atoms with Gasteiger partial charge in [0.25, 0.3) is 24.1 Å². The summed E-state index contributed by atoms with van der Waals surface area (Å²) < 4.78 is 34.8. The van der Waals surface area contributed by atoms with Gasteiger partial charge in [-0.15, -0.1) is 0 Å². The van der Waals surface area contributed by atoms with E-state index in [1.807, 2.05) is 0 Å². The molecule has 11 heteroatoms. The van der Waals surface area contributed by atoms with E-state index in [9.17, 15) is 24.0 Å². The Balaban J connectivity index is 1.76. The maximum absolute atomic E-state index is 15.1. The summed E-state index contributed by atoms with van der Waals surface area (Å²) >= 11 is 0. The van der Waals surface area contributed by atoms with Crippen molar-refractivity contribution in [2.45, 2.75) is 43.8 Å². The van der Waals surface area contributed by atoms with Gasteiger partial charge in [-0.25, -0.2) is 13.6 Å². The van der Waals surface area contributed by atoms with Crippen molar-refractivity contribution in [3.05, 3.63) is 107 Å². The summed E-state index contributed by atoms with van der Waals surface area (Å²) in [6.45, 7) is 1.25. The molecule has 2 N–H and O–H groups in total. The van der Waals surface area contributed by atoms with Crippen LogP contribution in [0.15, 0.2) is 84.9 Å². The molecule has 9 nitrogen and oxygen atoms in total. The first-order valence-electron chi connectivity index (χ1n) is 13.1. The first-order valence-corrected chi connectivity index (χ1v) is 13.1. The smallest absolute Gasteiger partial charge is 0.328 e. The van der Waals surface area contributed by atoms with Gasteiger partial charge >= 0.3 is 5.97 Å². The number of nitrogens with zero attached hydrogens (tertiary/aromatic N) is 1. The monoisotopic (exact) mass is 577 g/mol. The third-order valence-corrected chi connectivity index (χ3v) is 7.06. The van der Waals surface area contributed by atoms with E-state index in [4.69, 9.17) is 0 Å². The minimum Gasteiger partial charge on any atom is -0.467 e. The molecule has 218 valence electrons. The molecule has 0 saturated heterocycles. The van der Waals surface area contributed by atoms with Crippen LogP contribution >= 0.6 is 0 Å². The molecule has 0 radical (unpaired) electrons. The number of nitrogens with one attached hydrogen (secondary N) is 2. The number of hydrogen-bond acceptors (Lipinski definition) is 6. The quantitative estimate of drug-likeness (QED) is 0.267. The van der Waals surface area contributed by atoms with Crippen molar-refractivity contribution in [3.8, 4) is 0 Å². The number of carbonyl (C=O) groups is 5. The van der Waals surface area contributed by atoms with Gasteiger partial charge in [-0.1, -0.05) is 72.8 Å². The van der Waals surface area contributed by atoms with Crippen molar-refractivity contribution in [3.63, 3.8) is 0 Å². The van der Waals surface area contributed by atoms with Crippen molar-refractivity contribution in [2.75, 3.05) is 7.11 Å². The minimum atomic E-state index is -3.47. The van der Waals surface area contributed by atoms with Gasteiger partial charge in [0, 0.05) is 12.8 Å². The van der Waals surface area contributed by atoms with E-state index in [0.717, 1.165) is 12.0 Å². The number of esters is 1. The normalized spacial score (nSPS) is 15.4. The van der Waals surface area contributed by atoms with Crippen molar-refractivity contribution in [1.82, 2.24) is 15.5 Å². The number of ether oxygens (including phenoxy) is 1. The maximum Gasteiger partial charge on any atom is 0.328 e. The molecule has 4 amide bonds. The zero-order chi connectivity index (χ0) is 30.4. The van der Waals surface area contributed by atoms with E-state index < -0.39 is 60.1 Å². The van der Waals surface area contributed by atoms with Crippen LogP contribution < -0.4 is 10.6 Å². The lowest BCUT2D eigenvalue weighted by atomic mass is 9.88. The summed E-state index contributed by atoms with van der Waals surface area (Å²) in [6, 6.07) is 19.4. The Morgan fingerprint density at radius 2 is 1.33 bits per heavy atom. The predicted octanol–water partition coefficient (Wildman–Crippen LogP) is 2.93. The minimum absolute atomic E-state index is 0.0717. The lowest BCUT2D eigenvalue weighted by molar-refractivity contribution is -0.148. The van der Waals surface area contributed by atoms with Gasteiger partial charge in [0.15, 0.2) is 5.54 Å². The Labute approximate surface area is 240 Å². The lowest BCUT2D eigenvalue weighted by Gasteiger charge is -2.36. The number of carbonyl (C=O) groups excluding carboxylic acids is 5. The second kappa shape index (κ2) is 12.7. The van der Waals surface area contributed by atoms with E-state index in [2.05, 4.69) is 15.4 Å². The number of imide groups is 1. The summed E-state index contributed by atoms with van der Waals surface area (Å²) in [6.07, 6.45) is -4.33. The van der Waals surface area contributed by atoms with Crippen LogP contribution in [0.4, 0.5) is 8.78 Å². The number of alkyl halides is 2. The predicted molar refractivity (Wildman–Crippen MR) is 148 cm³/mol. The fraction of sp³-hybridized carbons (Fsp3) is 0.258. The van der Waals surface area contributed by atoms with Crippen LogP contribution in [-0.2, 0) is 32.0 Å². The molecule has 0 bridgehead atoms. The molecule has 3 atom stereocenters. The first-order chi connectivity index (χ1) is 20.1. The van der Waals surface area contributed by atoms with Crippen molar-refractivity contribution >= 4 is 29.6 Å². The number of hydrogen-bond donors (Lipinski definition) is 2. The highest BCUT2D eigenvalue weighted by Gasteiger charge is 2.52. The molecule has 42 heavy (non-hydrogen) atoms. The van der Waals surface area contributed by atoms with E-state index in [0.29, 0.717) is 11.1 Å². The first kappa shape index (κ1) is 30.0. The molecule has 1 aliphatic heterocycles. The Kier molecular flexibility index (Phi) is 9.09. The molecule has 4 rings (SSSR count). The maximum atomic E-state index is 15.1. The fourth-order valence-electron chi connectivity index (χ4n) is 4.82. The topological polar surface area (TPSA) is 122 Å². The highest BCUT2D eigenvalue weighted by molar-refractivity contribution is 6.23. The Morgan fingerprint density at radius 3 is 1.83 bits per heavy atom. The van der Waals surface area contributed by atoms with E-state index in [1.165, 1.54) is 31.2 Å². The van der Waals surface area contributed by atoms with Gasteiger partial charge in [-0.2, -0.15) is 0 Å². The molecule has 0 aromatic heterocycles. The van der Waals surface area contributed by atoms with Crippen molar-refractivity contribution < 1.29 is 37.5 Å². The third-order valence-electron chi connectivity index (χ3n) is 7.06. The van der Waals surface area contributed by atoms with Crippen LogP contribution in [0, 0.1) is 0 Å². The van der Waals surface area contributed by atoms with Gasteiger partial charge in [0.2, 0.25) is 5.91 Å². The summed E-state index contributed by atoms with van der Waals surface area (Å²) in [5.74, 6) is -4.90. The average Bonchev–Trinajstić information content (AvgIpc) is 3.25. The van der Waals surface area contributed by atoms with Crippen molar-refractivity contribution in [2.24, 2.45) is 0 Å². The van der Waals surface area contributed by atoms with Crippen LogP contribution in [0.2, 0.25) is 0 Å². The Hall–Kier alpha value is -4.93. The molecule has 1 heterocycles. The van der Waals surface area contributed by atoms with Crippen LogP contribution in [0.25, 0.3) is 0 Å². The van der Waals surface area contributed by atoms with Crippen LogP contribution in [-0.4, -0.2) is 65.7 Å². The summed E-state index contributed by atoms with van der Waals surface area (Å²) in [7, 11) is 1.08. The zero-order valence-electron chi connectivity index (χ0n) is 22.9. The number of methoxy groups -OCH3 is 1. The van der Waals surface area contributed by atoms with Gasteiger partial charge in [0.05, 0.1) is 18.2 Å². The van der Waals surface area contributed by atoms with Gasteiger partial charge in [0.1, 0.15) is 12.1 Å². The summed E-state index contributed by atoms with van der Waals surface area (Å²) in [5.41, 5.74) is -1.90. The molecule has 0 unspecified atom stereocenters. The molecule has 0 fully saturated rings. The third kappa shape index (κ3) is 6.04. The van der Waals surface area contributed by atoms with Crippen LogP contribution in [0.1, 0.15) is 38.8 Å². The average molecular weight is 578 g/mol.